The molecule has 3 aliphatic heterocycles. The molecule has 19 amide bonds. The van der Waals surface area contributed by atoms with E-state index in [1.54, 1.807) is 76.2 Å². The average molecular weight is 1930 g/mol. The van der Waals surface area contributed by atoms with Gasteiger partial charge in [-0.15, -0.1) is 0 Å². The number of hydrogen-bond acceptors (Lipinski definition) is 24. The molecule has 3 aliphatic rings. The van der Waals surface area contributed by atoms with Crippen LogP contribution in [0.1, 0.15) is 148 Å². The number of aliphatic hydroxyl groups is 1. The number of likely N-dealkylation sites (N-methyl/N-ethyl adjacent to an activating group) is 3. The molecule has 3 aromatic carbocycles. The van der Waals surface area contributed by atoms with Gasteiger partial charge in [0.15, 0.2) is 0 Å². The molecule has 5 aromatic rings. The number of nitrogens with one attached hydrogen (secondary N) is 12. The van der Waals surface area contributed by atoms with E-state index in [4.69, 9.17) is 22.9 Å². The summed E-state index contributed by atoms with van der Waals surface area (Å²) in [4.78, 5) is 308. The number of carboxylic acid groups (broad SMARTS) is 2. The highest BCUT2D eigenvalue weighted by molar-refractivity contribution is 6.04. The second-order valence-corrected chi connectivity index (χ2v) is 35.3. The van der Waals surface area contributed by atoms with Crippen LogP contribution in [0.15, 0.2) is 85.2 Å². The number of amides is 19. The molecule has 0 unspecified atom stereocenters. The van der Waals surface area contributed by atoms with Crippen LogP contribution >= 0.6 is 0 Å². The molecule has 24 N–H and O–H groups in total. The molecule has 47 nitrogen and oxygen atoms in total. The van der Waals surface area contributed by atoms with Crippen molar-refractivity contribution < 1.29 is 121 Å². The minimum Gasteiger partial charge on any atom is -0.508 e. The summed E-state index contributed by atoms with van der Waals surface area (Å²) < 4.78 is 1.37. The third-order valence-corrected chi connectivity index (χ3v) is 24.3. The van der Waals surface area contributed by atoms with Crippen molar-refractivity contribution in [3.63, 3.8) is 0 Å². The van der Waals surface area contributed by atoms with Crippen LogP contribution in [0.25, 0.3) is 21.8 Å². The summed E-state index contributed by atoms with van der Waals surface area (Å²) in [7, 11) is 3.71. The van der Waals surface area contributed by atoms with Gasteiger partial charge in [-0.2, -0.15) is 0 Å². The van der Waals surface area contributed by atoms with Gasteiger partial charge >= 0.3 is 11.9 Å². The van der Waals surface area contributed by atoms with Gasteiger partial charge < -0.3 is 136 Å². The maximum Gasteiger partial charge on any atom is 0.323 e. The van der Waals surface area contributed by atoms with Crippen LogP contribution in [-0.2, 0) is 126 Å². The Bertz CT molecular complexity index is 5330. The largest absolute Gasteiger partial charge is 0.508 e. The van der Waals surface area contributed by atoms with Crippen LogP contribution in [0.5, 0.6) is 5.75 Å². The summed E-state index contributed by atoms with van der Waals surface area (Å²) >= 11 is 0. The number of phenols is 1. The number of phenolic OH excluding ortho intramolecular Hbond substituents is 1. The van der Waals surface area contributed by atoms with Gasteiger partial charge in [0.1, 0.15) is 96.9 Å². The fourth-order valence-corrected chi connectivity index (χ4v) is 16.9. The Kier molecular flexibility index (Phi) is 40.0. The number of carbonyl (C=O) groups is 21. The van der Waals surface area contributed by atoms with Crippen LogP contribution in [0.3, 0.4) is 0 Å². The van der Waals surface area contributed by atoms with E-state index in [0.717, 1.165) is 26.6 Å². The highest BCUT2D eigenvalue weighted by Crippen LogP contribution is 2.29. The first-order chi connectivity index (χ1) is 65.3. The molecule has 15 atom stereocenters. The molecule has 3 saturated heterocycles. The third-order valence-electron chi connectivity index (χ3n) is 24.3. The smallest absolute Gasteiger partial charge is 0.323 e. The zero-order valence-corrected chi connectivity index (χ0v) is 78.1. The maximum atomic E-state index is 15.9. The Morgan fingerprint density at radius 2 is 1.04 bits per heavy atom. The van der Waals surface area contributed by atoms with Gasteiger partial charge in [0, 0.05) is 107 Å². The standard InChI is InChI=1S/C91H126N22O25/c1-9-11-21-67-84(131)102-58(32-47(3)4)81(128)107-65(79(126)98-42-74(95)119)41-96-43-75(120)99-61(33-49-25-27-52(114)28-26-49)87(134)108(6)48(5)78(125)104-63(38-73(94)118)89(136)112-31-17-24-68(112)85(132)100-57(29-30-71(92)116)80(127)106-64(39-76(121)122)90(137)113-45-53(115)36-70(113)86(133)103-59(34-50-40-97-56-20-15-13-18-54(50)56)82(129)101-60(37-72(93)117)83(130)105-62(88(135)110(8)69(22-12-10-2)91(138)109(67)7)35-51-44-111(46-77(123)124)66-23-16-14-19-55(51)66/h13-16,18-20,23,25-28,40,44,47-48,53,57-65,67-70,96-97,114-115H,9-12,17,21-22,24,29-39,41-43,45-46H2,1-8H3,(H2,92,116)(H2,93,117)(H2,94,118)(H2,95,119)(H,98,126)(H,99,120)(H,100,132)(H,101,129)(H,102,131)(H,103,133)(H,104,125)(H,105,130)(H,106,127)(H,107,128)(H,121,122)(H,123,124)/t48-,53+,57-,58-,59-,60-,61-,62-,63-,64-,65-,67-,68-,69-,70-/m0/s1. The second-order valence-electron chi connectivity index (χ2n) is 35.3. The third kappa shape index (κ3) is 30.4. The molecular formula is C91H126N22O25. The quantitative estimate of drug-likeness (QED) is 0.0223. The zero-order valence-electron chi connectivity index (χ0n) is 78.1. The van der Waals surface area contributed by atoms with Crippen LogP contribution in [-0.4, -0.2) is 323 Å². The average Bonchev–Trinajstić information content (AvgIpc) is 1.63. The number of aliphatic hydroxyl groups excluding tert-OH is 1. The summed E-state index contributed by atoms with van der Waals surface area (Å²) in [5.41, 5.74) is 24.3. The summed E-state index contributed by atoms with van der Waals surface area (Å²) in [6.07, 6.45) is -4.09. The van der Waals surface area contributed by atoms with E-state index in [0.29, 0.717) is 50.7 Å². The molecule has 47 heteroatoms. The number of H-pyrrole nitrogens is 1. The van der Waals surface area contributed by atoms with Crippen molar-refractivity contribution in [2.24, 2.45) is 28.9 Å². The van der Waals surface area contributed by atoms with Crippen molar-refractivity contribution in [3.8, 4) is 5.75 Å². The zero-order chi connectivity index (χ0) is 102. The van der Waals surface area contributed by atoms with Crippen molar-refractivity contribution in [1.29, 1.82) is 0 Å². The number of aromatic amines is 1. The van der Waals surface area contributed by atoms with Gasteiger partial charge in [-0.3, -0.25) is 101 Å². The molecule has 0 radical (unpaired) electrons. The number of unbranched alkanes of at least 4 members (excludes halogenated alkanes) is 2. The van der Waals surface area contributed by atoms with Crippen LogP contribution in [0, 0.1) is 5.92 Å². The van der Waals surface area contributed by atoms with Gasteiger partial charge in [0.2, 0.25) is 112 Å². The minimum absolute atomic E-state index is 0.0581. The lowest BCUT2D eigenvalue weighted by Gasteiger charge is -2.36. The van der Waals surface area contributed by atoms with Gasteiger partial charge in [-0.1, -0.05) is 102 Å². The number of hydrogen-bond donors (Lipinski definition) is 20. The predicted molar refractivity (Wildman–Crippen MR) is 493 cm³/mol. The summed E-state index contributed by atoms with van der Waals surface area (Å²) in [6.45, 7) is 4.55. The van der Waals surface area contributed by atoms with Crippen LogP contribution in [0.4, 0.5) is 0 Å². The number of rotatable bonds is 28. The topological polar surface area (TPSA) is 713 Å². The molecule has 2 aromatic heterocycles. The Morgan fingerprint density at radius 3 is 1.68 bits per heavy atom. The number of fused-ring (bicyclic) bond motifs is 4. The van der Waals surface area contributed by atoms with Gasteiger partial charge in [0.25, 0.3) is 0 Å². The number of aliphatic carboxylic acids is 2. The molecule has 138 heavy (non-hydrogen) atoms. The summed E-state index contributed by atoms with van der Waals surface area (Å²) in [6, 6.07) is -5.90. The molecule has 0 saturated carbocycles. The van der Waals surface area contributed by atoms with E-state index in [1.807, 2.05) is 0 Å². The Morgan fingerprint density at radius 1 is 0.507 bits per heavy atom. The van der Waals surface area contributed by atoms with Crippen molar-refractivity contribution in [2.75, 3.05) is 53.9 Å². The molecule has 5 heterocycles. The van der Waals surface area contributed by atoms with E-state index in [-0.39, 0.29) is 69.2 Å². The van der Waals surface area contributed by atoms with Gasteiger partial charge in [-0.25, -0.2) is 0 Å². The van der Waals surface area contributed by atoms with E-state index in [9.17, 15) is 87.5 Å². The number of nitrogens with two attached hydrogens (primary N) is 4. The van der Waals surface area contributed by atoms with E-state index in [2.05, 4.69) is 63.5 Å². The molecular weight excluding hydrogens is 1800 g/mol. The number of primary amides is 4. The predicted octanol–water partition coefficient (Wildman–Crippen LogP) is -5.12. The van der Waals surface area contributed by atoms with E-state index in [1.165, 1.54) is 62.2 Å². The fraction of sp³-hybridized carbons (Fsp3) is 0.527. The normalized spacial score (nSPS) is 24.4. The molecule has 0 spiro atoms. The Balaban J connectivity index is 1.23. The van der Waals surface area contributed by atoms with Gasteiger partial charge in [0.05, 0.1) is 38.5 Å². The van der Waals surface area contributed by atoms with Crippen molar-refractivity contribution >= 4 is 146 Å². The minimum atomic E-state index is -2.19. The highest BCUT2D eigenvalue weighted by Gasteiger charge is 2.47. The lowest BCUT2D eigenvalue weighted by molar-refractivity contribution is -0.149. The van der Waals surface area contributed by atoms with E-state index < -0.39 is 305 Å². The highest BCUT2D eigenvalue weighted by atomic mass is 16.4. The monoisotopic (exact) mass is 1930 g/mol. The first kappa shape index (κ1) is 109. The SMILES string of the molecule is CCCC[C@H]1C(=O)N(C)[C@@H](CCCC)C(=O)N[C@@H](CC(C)C)C(=O)N[C@H](C(=O)NCC(N)=O)CNCC(=O)N[C@@H](Cc2ccc(O)cc2)C(=O)N(C)[C@@H](C)C(=O)N[C@@H](CC(N)=O)C(=O)N2CCC[C@H]2C(=O)N[C@@H](CCC(N)=O)C(=O)N[C@@H](CC(=O)O)C(=O)N2C[C@H](O)C[C@H]2C(=O)N[C@@H](Cc2c[nH]c3ccccc23)C(=O)N[C@@H](CC(N)=O)C(=O)N[C@@H](Cc2cn(CC(=O)O)c3ccccc23)C(=O)N1C. The number of carbonyl (C=O) groups excluding carboxylic acids is 19. The summed E-state index contributed by atoms with van der Waals surface area (Å²) in [5, 5.41) is 70.7. The van der Waals surface area contributed by atoms with Crippen molar-refractivity contribution in [2.45, 2.75) is 247 Å². The van der Waals surface area contributed by atoms with Crippen LogP contribution in [0.2, 0.25) is 0 Å². The lowest BCUT2D eigenvalue weighted by atomic mass is 9.99. The molecule has 3 fully saturated rings. The first-order valence-corrected chi connectivity index (χ1v) is 45.6. The number of benzene rings is 3. The molecule has 8 rings (SSSR count). The van der Waals surface area contributed by atoms with Crippen molar-refractivity contribution in [1.82, 2.24) is 92.5 Å². The first-order valence-electron chi connectivity index (χ1n) is 45.6. The van der Waals surface area contributed by atoms with Gasteiger partial charge in [-0.05, 0) is 92.3 Å². The number of nitrogens with zero attached hydrogens (tertiary/aromatic N) is 6. The number of aromatic hydroxyl groups is 1. The fourth-order valence-electron chi connectivity index (χ4n) is 16.9. The molecule has 750 valence electrons. The van der Waals surface area contributed by atoms with Crippen LogP contribution < -0.4 is 81.4 Å². The Labute approximate surface area is 793 Å². The molecule has 0 aliphatic carbocycles. The molecule has 0 bridgehead atoms. The Hall–Kier alpha value is -14.7. The number of carboxylic acids is 2. The summed E-state index contributed by atoms with van der Waals surface area (Å²) in [5.74, 6) is -24.3. The number of para-hydroxylation sites is 2. The number of aromatic nitrogens is 2. The maximum absolute atomic E-state index is 15.9. The second kappa shape index (κ2) is 50.8. The lowest BCUT2D eigenvalue weighted by Crippen LogP contribution is -2.61. The van der Waals surface area contributed by atoms with E-state index >= 15 is 33.6 Å². The van der Waals surface area contributed by atoms with Crippen molar-refractivity contribution in [3.05, 3.63) is 102 Å².